The zero-order chi connectivity index (χ0) is 22.3. The quantitative estimate of drug-likeness (QED) is 0.414. The number of hydrogen-bond acceptors (Lipinski definition) is 6. The van der Waals surface area contributed by atoms with Crippen molar-refractivity contribution in [1.29, 1.82) is 0 Å². The summed E-state index contributed by atoms with van der Waals surface area (Å²) in [4.78, 5) is 24.0. The highest BCUT2D eigenvalue weighted by molar-refractivity contribution is 6.44. The van der Waals surface area contributed by atoms with Crippen LogP contribution in [0.1, 0.15) is 12.0 Å². The van der Waals surface area contributed by atoms with Crippen LogP contribution in [-0.2, 0) is 20.7 Å². The van der Waals surface area contributed by atoms with Crippen LogP contribution in [0, 0.1) is 0 Å². The first-order valence-electron chi connectivity index (χ1n) is 8.68. The van der Waals surface area contributed by atoms with Gasteiger partial charge in [-0.15, -0.1) is 0 Å². The molecule has 0 saturated carbocycles. The smallest absolute Gasteiger partial charge is 0.306 e. The predicted octanol–water partition coefficient (Wildman–Crippen LogP) is 4.79. The molecule has 2 aromatic carbocycles. The summed E-state index contributed by atoms with van der Waals surface area (Å²) >= 11 is 17.8. The van der Waals surface area contributed by atoms with E-state index in [0.29, 0.717) is 23.7 Å². The lowest BCUT2D eigenvalue weighted by molar-refractivity contribution is -0.147. The molecular weight excluding hydrogens is 457 g/mol. The molecule has 0 unspecified atom stereocenters. The Morgan fingerprint density at radius 2 is 1.47 bits per heavy atom. The second-order valence-electron chi connectivity index (χ2n) is 5.99. The molecule has 10 heteroatoms. The van der Waals surface area contributed by atoms with E-state index in [9.17, 15) is 9.59 Å². The van der Waals surface area contributed by atoms with Crippen LogP contribution < -0.4 is 19.5 Å². The van der Waals surface area contributed by atoms with E-state index in [1.807, 2.05) is 0 Å². The number of halogens is 3. The predicted molar refractivity (Wildman–Crippen MR) is 115 cm³/mol. The standard InChI is InChI=1S/C20H20Cl3NO6/c1-27-16-6-11(7-17(28-2)20(16)29-3)4-5-19(26)30-10-18(25)24-15-9-13(22)12(21)8-14(15)23/h6-9H,4-5,10H2,1-3H3,(H,24,25). The van der Waals surface area contributed by atoms with Crippen LogP contribution >= 0.6 is 34.8 Å². The van der Waals surface area contributed by atoms with Crippen LogP contribution in [0.25, 0.3) is 0 Å². The van der Waals surface area contributed by atoms with E-state index in [1.165, 1.54) is 33.5 Å². The summed E-state index contributed by atoms with van der Waals surface area (Å²) in [6, 6.07) is 6.31. The second-order valence-corrected chi connectivity index (χ2v) is 7.21. The van der Waals surface area contributed by atoms with Crippen molar-refractivity contribution in [3.05, 3.63) is 44.9 Å². The molecule has 0 spiro atoms. The molecule has 0 bridgehead atoms. The van der Waals surface area contributed by atoms with E-state index in [4.69, 9.17) is 53.8 Å². The first-order valence-corrected chi connectivity index (χ1v) is 9.81. The number of carbonyl (C=O) groups is 2. The normalized spacial score (nSPS) is 10.3. The van der Waals surface area contributed by atoms with Gasteiger partial charge in [-0.1, -0.05) is 34.8 Å². The second kappa shape index (κ2) is 11.2. The van der Waals surface area contributed by atoms with Gasteiger partial charge in [-0.05, 0) is 36.2 Å². The molecule has 0 radical (unpaired) electrons. The number of carbonyl (C=O) groups excluding carboxylic acids is 2. The number of rotatable bonds is 9. The summed E-state index contributed by atoms with van der Waals surface area (Å²) in [5.74, 6) is 0.329. The number of ether oxygens (including phenoxy) is 4. The molecule has 0 aromatic heterocycles. The average molecular weight is 477 g/mol. The number of amides is 1. The Morgan fingerprint density at radius 3 is 2.03 bits per heavy atom. The SMILES string of the molecule is COc1cc(CCC(=O)OCC(=O)Nc2cc(Cl)c(Cl)cc2Cl)cc(OC)c1OC. The van der Waals surface area contributed by atoms with Crippen LogP contribution in [0.15, 0.2) is 24.3 Å². The Kier molecular flexibility index (Phi) is 8.89. The van der Waals surface area contributed by atoms with Crippen molar-refractivity contribution in [3.8, 4) is 17.2 Å². The van der Waals surface area contributed by atoms with Gasteiger partial charge >= 0.3 is 5.97 Å². The lowest BCUT2D eigenvalue weighted by Gasteiger charge is -2.14. The number of esters is 1. The number of nitrogens with one attached hydrogen (secondary N) is 1. The largest absolute Gasteiger partial charge is 0.493 e. The minimum Gasteiger partial charge on any atom is -0.493 e. The van der Waals surface area contributed by atoms with Gasteiger partial charge in [0.1, 0.15) is 0 Å². The highest BCUT2D eigenvalue weighted by atomic mass is 35.5. The van der Waals surface area contributed by atoms with Gasteiger partial charge < -0.3 is 24.3 Å². The van der Waals surface area contributed by atoms with Gasteiger partial charge in [0.05, 0.1) is 42.1 Å². The number of aryl methyl sites for hydroxylation is 1. The maximum Gasteiger partial charge on any atom is 0.306 e. The van der Waals surface area contributed by atoms with Gasteiger partial charge in [0.15, 0.2) is 18.1 Å². The summed E-state index contributed by atoms with van der Waals surface area (Å²) in [5.41, 5.74) is 1.05. The third-order valence-corrected chi connectivity index (χ3v) is 5.03. The molecule has 0 atom stereocenters. The van der Waals surface area contributed by atoms with Crippen molar-refractivity contribution in [2.24, 2.45) is 0 Å². The van der Waals surface area contributed by atoms with Crippen molar-refractivity contribution in [2.45, 2.75) is 12.8 Å². The zero-order valence-electron chi connectivity index (χ0n) is 16.5. The third-order valence-electron chi connectivity index (χ3n) is 3.99. The Morgan fingerprint density at radius 1 is 0.867 bits per heavy atom. The molecule has 1 N–H and O–H groups in total. The molecule has 0 aliphatic heterocycles. The maximum atomic E-state index is 12.0. The van der Waals surface area contributed by atoms with E-state index in [-0.39, 0.29) is 27.2 Å². The number of methoxy groups -OCH3 is 3. The highest BCUT2D eigenvalue weighted by Crippen LogP contribution is 2.38. The summed E-state index contributed by atoms with van der Waals surface area (Å²) in [6.45, 7) is -0.468. The van der Waals surface area contributed by atoms with Crippen molar-refractivity contribution >= 4 is 52.4 Å². The van der Waals surface area contributed by atoms with Gasteiger partial charge in [0.2, 0.25) is 5.75 Å². The van der Waals surface area contributed by atoms with Crippen LogP contribution in [0.4, 0.5) is 5.69 Å². The van der Waals surface area contributed by atoms with Crippen LogP contribution in [0.5, 0.6) is 17.2 Å². The monoisotopic (exact) mass is 475 g/mol. The van der Waals surface area contributed by atoms with Gasteiger partial charge in [-0.3, -0.25) is 9.59 Å². The Hall–Kier alpha value is -2.35. The van der Waals surface area contributed by atoms with Crippen molar-refractivity contribution in [2.75, 3.05) is 33.3 Å². The third kappa shape index (κ3) is 6.32. The lowest BCUT2D eigenvalue weighted by Crippen LogP contribution is -2.21. The molecule has 0 heterocycles. The topological polar surface area (TPSA) is 83.1 Å². The minimum atomic E-state index is -0.559. The summed E-state index contributed by atoms with van der Waals surface area (Å²) in [7, 11) is 4.52. The van der Waals surface area contributed by atoms with E-state index in [1.54, 1.807) is 12.1 Å². The average Bonchev–Trinajstić information content (AvgIpc) is 2.73. The van der Waals surface area contributed by atoms with Gasteiger partial charge in [0.25, 0.3) is 5.91 Å². The molecule has 2 aromatic rings. The molecule has 0 fully saturated rings. The first-order chi connectivity index (χ1) is 14.3. The van der Waals surface area contributed by atoms with E-state index in [2.05, 4.69) is 5.32 Å². The van der Waals surface area contributed by atoms with Crippen LogP contribution in [-0.4, -0.2) is 39.8 Å². The Labute approximate surface area is 189 Å². The van der Waals surface area contributed by atoms with E-state index >= 15 is 0 Å². The lowest BCUT2D eigenvalue weighted by atomic mass is 10.1. The molecule has 162 valence electrons. The van der Waals surface area contributed by atoms with Crippen LogP contribution in [0.3, 0.4) is 0 Å². The Balaban J connectivity index is 1.89. The number of hydrogen-bond donors (Lipinski definition) is 1. The highest BCUT2D eigenvalue weighted by Gasteiger charge is 2.15. The molecule has 0 aliphatic carbocycles. The summed E-state index contributed by atoms with van der Waals surface area (Å²) in [5, 5.41) is 3.22. The van der Waals surface area contributed by atoms with Crippen molar-refractivity contribution < 1.29 is 28.5 Å². The minimum absolute atomic E-state index is 0.0550. The molecule has 1 amide bonds. The summed E-state index contributed by atoms with van der Waals surface area (Å²) < 4.78 is 20.8. The first kappa shape index (κ1) is 23.9. The molecular formula is C20H20Cl3NO6. The van der Waals surface area contributed by atoms with Crippen molar-refractivity contribution in [1.82, 2.24) is 0 Å². The number of anilines is 1. The number of benzene rings is 2. The van der Waals surface area contributed by atoms with E-state index < -0.39 is 18.5 Å². The van der Waals surface area contributed by atoms with Crippen molar-refractivity contribution in [3.63, 3.8) is 0 Å². The van der Waals surface area contributed by atoms with Gasteiger partial charge in [-0.2, -0.15) is 0 Å². The molecule has 0 aliphatic rings. The molecule has 30 heavy (non-hydrogen) atoms. The molecule has 7 nitrogen and oxygen atoms in total. The van der Waals surface area contributed by atoms with E-state index in [0.717, 1.165) is 5.56 Å². The fourth-order valence-electron chi connectivity index (χ4n) is 2.55. The molecule has 2 rings (SSSR count). The molecule has 0 saturated heterocycles. The fourth-order valence-corrected chi connectivity index (χ4v) is 3.14. The zero-order valence-corrected chi connectivity index (χ0v) is 18.8. The summed E-state index contributed by atoms with van der Waals surface area (Å²) in [6.07, 6.45) is 0.412. The van der Waals surface area contributed by atoms with Gasteiger partial charge in [0, 0.05) is 6.42 Å². The van der Waals surface area contributed by atoms with Crippen LogP contribution in [0.2, 0.25) is 15.1 Å². The Bertz CT molecular complexity index is 910. The van der Waals surface area contributed by atoms with Gasteiger partial charge in [-0.25, -0.2) is 0 Å². The maximum absolute atomic E-state index is 12.0. The fraction of sp³-hybridized carbons (Fsp3) is 0.300.